The number of ether oxygens (including phenoxy) is 1. The van der Waals surface area contributed by atoms with E-state index in [4.69, 9.17) is 16.3 Å². The van der Waals surface area contributed by atoms with Crippen molar-refractivity contribution in [1.29, 1.82) is 0 Å². The number of rotatable bonds is 8. The van der Waals surface area contributed by atoms with Gasteiger partial charge in [-0.3, -0.25) is 0 Å². The van der Waals surface area contributed by atoms with Gasteiger partial charge >= 0.3 is 6.03 Å². The predicted octanol–water partition coefficient (Wildman–Crippen LogP) is 5.63. The number of benzene rings is 2. The average Bonchev–Trinajstić information content (AvgIpc) is 3.13. The highest BCUT2D eigenvalue weighted by molar-refractivity contribution is 9.10. The summed E-state index contributed by atoms with van der Waals surface area (Å²) in [5, 5.41) is 3.67. The Morgan fingerprint density at radius 2 is 1.97 bits per heavy atom. The second-order valence-electron chi connectivity index (χ2n) is 6.61. The number of aromatic nitrogens is 1. The number of halogens is 2. The Bertz CT molecular complexity index is 943. The third kappa shape index (κ3) is 6.35. The Morgan fingerprint density at radius 1 is 1.17 bits per heavy atom. The van der Waals surface area contributed by atoms with Crippen molar-refractivity contribution >= 4 is 39.2 Å². The van der Waals surface area contributed by atoms with Crippen molar-refractivity contribution < 1.29 is 9.53 Å². The van der Waals surface area contributed by atoms with E-state index in [2.05, 4.69) is 25.8 Å². The van der Waals surface area contributed by atoms with Crippen molar-refractivity contribution in [3.8, 4) is 0 Å². The lowest BCUT2D eigenvalue weighted by atomic mass is 10.2. The van der Waals surface area contributed by atoms with Gasteiger partial charge in [0.05, 0.1) is 13.2 Å². The molecule has 152 valence electrons. The van der Waals surface area contributed by atoms with Crippen LogP contribution in [0.15, 0.2) is 71.3 Å². The Morgan fingerprint density at radius 3 is 2.69 bits per heavy atom. The van der Waals surface area contributed by atoms with Crippen LogP contribution in [-0.2, 0) is 17.8 Å². The molecule has 1 aromatic heterocycles. The maximum absolute atomic E-state index is 12.9. The largest absolute Gasteiger partial charge is 0.383 e. The van der Waals surface area contributed by atoms with Gasteiger partial charge in [0.25, 0.3) is 0 Å². The number of nitrogens with one attached hydrogen (secondary N) is 1. The molecule has 2 aromatic carbocycles. The van der Waals surface area contributed by atoms with Crippen LogP contribution in [0.1, 0.15) is 11.3 Å². The zero-order valence-corrected chi connectivity index (χ0v) is 18.5. The molecule has 1 heterocycles. The summed E-state index contributed by atoms with van der Waals surface area (Å²) < 4.78 is 8.28. The maximum Gasteiger partial charge on any atom is 0.322 e. The van der Waals surface area contributed by atoms with Crippen LogP contribution in [0.3, 0.4) is 0 Å². The molecule has 0 fully saturated rings. The van der Waals surface area contributed by atoms with Crippen LogP contribution < -0.4 is 5.32 Å². The number of amides is 2. The summed E-state index contributed by atoms with van der Waals surface area (Å²) >= 11 is 9.51. The molecule has 0 spiro atoms. The molecule has 0 saturated carbocycles. The van der Waals surface area contributed by atoms with E-state index >= 15 is 0 Å². The van der Waals surface area contributed by atoms with Crippen LogP contribution in [0.25, 0.3) is 0 Å². The molecular formula is C22H23BrClN3O2. The van der Waals surface area contributed by atoms with E-state index in [0.29, 0.717) is 31.3 Å². The van der Waals surface area contributed by atoms with Gasteiger partial charge in [-0.05, 0) is 54.1 Å². The number of hydrogen-bond acceptors (Lipinski definition) is 2. The Labute approximate surface area is 184 Å². The van der Waals surface area contributed by atoms with E-state index in [9.17, 15) is 4.79 Å². The van der Waals surface area contributed by atoms with Gasteiger partial charge in [0.2, 0.25) is 0 Å². The third-order valence-electron chi connectivity index (χ3n) is 4.47. The Hall–Kier alpha value is -2.28. The van der Waals surface area contributed by atoms with Crippen LogP contribution in [0.4, 0.5) is 10.5 Å². The smallest absolute Gasteiger partial charge is 0.322 e. The van der Waals surface area contributed by atoms with Crippen molar-refractivity contribution in [3.63, 3.8) is 0 Å². The molecule has 3 aromatic rings. The van der Waals surface area contributed by atoms with Crippen LogP contribution >= 0.6 is 27.5 Å². The molecule has 0 saturated heterocycles. The highest BCUT2D eigenvalue weighted by Crippen LogP contribution is 2.17. The minimum atomic E-state index is -0.167. The fourth-order valence-electron chi connectivity index (χ4n) is 2.96. The number of methoxy groups -OCH3 is 1. The van der Waals surface area contributed by atoms with E-state index in [1.165, 1.54) is 0 Å². The summed E-state index contributed by atoms with van der Waals surface area (Å²) in [7, 11) is 1.63. The van der Waals surface area contributed by atoms with E-state index in [-0.39, 0.29) is 6.03 Å². The Balaban J connectivity index is 1.72. The zero-order chi connectivity index (χ0) is 20.6. The first-order valence-corrected chi connectivity index (χ1v) is 10.4. The first-order valence-electron chi connectivity index (χ1n) is 9.24. The monoisotopic (exact) mass is 475 g/mol. The summed E-state index contributed by atoms with van der Waals surface area (Å²) in [6.07, 6.45) is 2.01. The molecule has 0 atom stereocenters. The van der Waals surface area contributed by atoms with E-state index < -0.39 is 0 Å². The number of hydrogen-bond donors (Lipinski definition) is 1. The third-order valence-corrected chi connectivity index (χ3v) is 5.23. The minimum absolute atomic E-state index is 0.167. The molecule has 0 bridgehead atoms. The topological polar surface area (TPSA) is 46.5 Å². The number of urea groups is 1. The lowest BCUT2D eigenvalue weighted by molar-refractivity contribution is 0.152. The molecule has 5 nitrogen and oxygen atoms in total. The standard InChI is InChI=1S/C22H23BrClN3O2/c1-29-13-12-27(22(28)25-20-9-7-18(23)8-10-20)16-21-6-3-11-26(21)15-17-4-2-5-19(24)14-17/h2-11,14H,12-13,15-16H2,1H3,(H,25,28). The van der Waals surface area contributed by atoms with Gasteiger partial charge in [-0.15, -0.1) is 0 Å². The summed E-state index contributed by atoms with van der Waals surface area (Å²) in [6, 6.07) is 19.1. The van der Waals surface area contributed by atoms with Gasteiger partial charge in [0.1, 0.15) is 0 Å². The first kappa shape index (κ1) is 21.4. The minimum Gasteiger partial charge on any atom is -0.383 e. The van der Waals surface area contributed by atoms with Crippen LogP contribution in [0, 0.1) is 0 Å². The van der Waals surface area contributed by atoms with Crippen molar-refractivity contribution in [2.45, 2.75) is 13.1 Å². The highest BCUT2D eigenvalue weighted by atomic mass is 79.9. The molecule has 0 aliphatic rings. The predicted molar refractivity (Wildman–Crippen MR) is 120 cm³/mol. The van der Waals surface area contributed by atoms with E-state index in [1.54, 1.807) is 12.0 Å². The van der Waals surface area contributed by atoms with Crippen molar-refractivity contribution in [1.82, 2.24) is 9.47 Å². The van der Waals surface area contributed by atoms with Crippen LogP contribution in [-0.4, -0.2) is 35.8 Å². The van der Waals surface area contributed by atoms with Gasteiger partial charge in [-0.25, -0.2) is 4.79 Å². The van der Waals surface area contributed by atoms with Crippen LogP contribution in [0.2, 0.25) is 5.02 Å². The highest BCUT2D eigenvalue weighted by Gasteiger charge is 2.16. The summed E-state index contributed by atoms with van der Waals surface area (Å²) in [4.78, 5) is 14.6. The number of carbonyl (C=O) groups excluding carboxylic acids is 1. The van der Waals surface area contributed by atoms with E-state index in [0.717, 1.165) is 21.4 Å². The molecule has 0 radical (unpaired) electrons. The fourth-order valence-corrected chi connectivity index (χ4v) is 3.44. The van der Waals surface area contributed by atoms with Gasteiger partial charge in [0, 0.05) is 47.3 Å². The van der Waals surface area contributed by atoms with E-state index in [1.807, 2.05) is 66.9 Å². The summed E-state index contributed by atoms with van der Waals surface area (Å²) in [6.45, 7) is 2.11. The maximum atomic E-state index is 12.9. The van der Waals surface area contributed by atoms with Gasteiger partial charge < -0.3 is 19.5 Å². The molecule has 0 aliphatic heterocycles. The van der Waals surface area contributed by atoms with Crippen LogP contribution in [0.5, 0.6) is 0 Å². The zero-order valence-electron chi connectivity index (χ0n) is 16.1. The fraction of sp³-hybridized carbons (Fsp3) is 0.227. The molecule has 29 heavy (non-hydrogen) atoms. The molecule has 1 N–H and O–H groups in total. The second-order valence-corrected chi connectivity index (χ2v) is 7.96. The quantitative estimate of drug-likeness (QED) is 0.458. The van der Waals surface area contributed by atoms with Gasteiger partial charge in [-0.2, -0.15) is 0 Å². The van der Waals surface area contributed by atoms with Crippen molar-refractivity contribution in [2.75, 3.05) is 25.6 Å². The molecule has 2 amide bonds. The lowest BCUT2D eigenvalue weighted by Gasteiger charge is -2.24. The number of carbonyl (C=O) groups is 1. The average molecular weight is 477 g/mol. The molecule has 3 rings (SSSR count). The van der Waals surface area contributed by atoms with Crippen molar-refractivity contribution in [2.24, 2.45) is 0 Å². The second kappa shape index (κ2) is 10.5. The SMILES string of the molecule is COCCN(Cc1cccn1Cc1cccc(Cl)c1)C(=O)Nc1ccc(Br)cc1. The summed E-state index contributed by atoms with van der Waals surface area (Å²) in [5.74, 6) is 0. The molecule has 0 aliphatic carbocycles. The lowest BCUT2D eigenvalue weighted by Crippen LogP contribution is -2.37. The molecule has 7 heteroatoms. The van der Waals surface area contributed by atoms with Gasteiger partial charge in [0.15, 0.2) is 0 Å². The number of nitrogens with zero attached hydrogens (tertiary/aromatic N) is 2. The molecular weight excluding hydrogens is 454 g/mol. The normalized spacial score (nSPS) is 10.7. The van der Waals surface area contributed by atoms with Gasteiger partial charge in [-0.1, -0.05) is 39.7 Å². The first-order chi connectivity index (χ1) is 14.0. The van der Waals surface area contributed by atoms with Crippen molar-refractivity contribution in [3.05, 3.63) is 87.6 Å². The summed E-state index contributed by atoms with van der Waals surface area (Å²) in [5.41, 5.74) is 2.89. The molecule has 0 unspecified atom stereocenters. The Kier molecular flexibility index (Phi) is 7.75. The number of anilines is 1.